The van der Waals surface area contributed by atoms with E-state index in [-0.39, 0.29) is 22.8 Å². The molecule has 1 aromatic carbocycles. The van der Waals surface area contributed by atoms with Crippen LogP contribution in [0.4, 0.5) is 18.9 Å². The van der Waals surface area contributed by atoms with Crippen molar-refractivity contribution in [1.82, 2.24) is 20.1 Å². The molecule has 0 aliphatic rings. The largest absolute Gasteiger partial charge is 0.481 e. The summed E-state index contributed by atoms with van der Waals surface area (Å²) in [6.45, 7) is 1.51. The first-order valence-electron chi connectivity index (χ1n) is 8.98. The second kappa shape index (κ2) is 8.46. The number of alkyl halides is 3. The van der Waals surface area contributed by atoms with Gasteiger partial charge >= 0.3 is 6.18 Å². The number of hydrogen-bond acceptors (Lipinski definition) is 6. The van der Waals surface area contributed by atoms with Gasteiger partial charge in [0.15, 0.2) is 0 Å². The lowest BCUT2D eigenvalue weighted by molar-refractivity contribution is -0.137. The maximum atomic E-state index is 13.0. The lowest BCUT2D eigenvalue weighted by Gasteiger charge is -2.17. The van der Waals surface area contributed by atoms with Crippen molar-refractivity contribution in [3.8, 4) is 11.6 Å². The highest BCUT2D eigenvalue weighted by Gasteiger charge is 2.31. The average molecular weight is 433 g/mol. The number of ether oxygens (including phenoxy) is 1. The van der Waals surface area contributed by atoms with E-state index in [1.54, 1.807) is 0 Å². The number of halogens is 3. The van der Waals surface area contributed by atoms with E-state index in [0.29, 0.717) is 5.69 Å². The Morgan fingerprint density at radius 1 is 1.19 bits per heavy atom. The smallest absolute Gasteiger partial charge is 0.416 e. The van der Waals surface area contributed by atoms with E-state index in [1.807, 2.05) is 0 Å². The number of carbonyl (C=O) groups excluding carboxylic acids is 1. The molecule has 2 heterocycles. The van der Waals surface area contributed by atoms with E-state index in [0.717, 1.165) is 22.9 Å². The first-order valence-corrected chi connectivity index (χ1v) is 8.98. The van der Waals surface area contributed by atoms with Crippen LogP contribution in [0.15, 0.2) is 53.5 Å². The Balaban J connectivity index is 1.87. The standard InChI is InChI=1S/C20H18F3N5O3/c1-11(12-7-13(20(21,22)23)9-14(24)8-12)26-19(30)16-3-4-18(29)28(27-16)15-5-6-25-17(10-15)31-2/h3-11H,24H2,1-2H3,(H,26,30)/t11-/m1/s1. The van der Waals surface area contributed by atoms with Gasteiger partial charge in [-0.25, -0.2) is 4.98 Å². The number of anilines is 1. The van der Waals surface area contributed by atoms with Gasteiger partial charge in [-0.3, -0.25) is 9.59 Å². The molecule has 3 N–H and O–H groups in total. The first-order chi connectivity index (χ1) is 14.6. The summed E-state index contributed by atoms with van der Waals surface area (Å²) in [4.78, 5) is 28.8. The number of nitrogens with one attached hydrogen (secondary N) is 1. The molecule has 1 amide bonds. The Kier molecular flexibility index (Phi) is 5.95. The van der Waals surface area contributed by atoms with Gasteiger partial charge in [0, 0.05) is 24.0 Å². The minimum Gasteiger partial charge on any atom is -0.481 e. The number of pyridine rings is 1. The number of nitrogens with zero attached hydrogens (tertiary/aromatic N) is 3. The zero-order valence-corrected chi connectivity index (χ0v) is 16.5. The molecule has 0 fully saturated rings. The zero-order chi connectivity index (χ0) is 22.8. The Bertz CT molecular complexity index is 1180. The molecular formula is C20H18F3N5O3. The van der Waals surface area contributed by atoms with E-state index < -0.39 is 29.2 Å². The quantitative estimate of drug-likeness (QED) is 0.599. The topological polar surface area (TPSA) is 112 Å². The lowest BCUT2D eigenvalue weighted by atomic mass is 10.0. The fourth-order valence-corrected chi connectivity index (χ4v) is 2.80. The molecule has 0 radical (unpaired) electrons. The molecule has 8 nitrogen and oxygen atoms in total. The molecular weight excluding hydrogens is 415 g/mol. The van der Waals surface area contributed by atoms with Gasteiger partial charge in [-0.1, -0.05) is 0 Å². The third kappa shape index (κ3) is 5.00. The number of nitrogens with two attached hydrogens (primary N) is 1. The van der Waals surface area contributed by atoms with Crippen molar-refractivity contribution in [3.05, 3.63) is 75.8 Å². The van der Waals surface area contributed by atoms with Gasteiger partial charge in [0.1, 0.15) is 5.69 Å². The lowest BCUT2D eigenvalue weighted by Crippen LogP contribution is -2.31. The van der Waals surface area contributed by atoms with Crippen molar-refractivity contribution in [2.24, 2.45) is 0 Å². The van der Waals surface area contributed by atoms with E-state index in [9.17, 15) is 22.8 Å². The van der Waals surface area contributed by atoms with Crippen LogP contribution in [0.2, 0.25) is 0 Å². The molecule has 3 aromatic rings. The number of nitrogen functional groups attached to an aromatic ring is 1. The van der Waals surface area contributed by atoms with Crippen molar-refractivity contribution in [2.75, 3.05) is 12.8 Å². The van der Waals surface area contributed by atoms with Crippen LogP contribution in [-0.2, 0) is 6.18 Å². The SMILES string of the molecule is COc1cc(-n2nc(C(=O)N[C@H](C)c3cc(N)cc(C(F)(F)F)c3)ccc2=O)ccn1. The van der Waals surface area contributed by atoms with Crippen LogP contribution in [0.3, 0.4) is 0 Å². The Morgan fingerprint density at radius 2 is 1.94 bits per heavy atom. The molecule has 0 bridgehead atoms. The molecule has 0 unspecified atom stereocenters. The van der Waals surface area contributed by atoms with Gasteiger partial charge in [-0.2, -0.15) is 23.0 Å². The van der Waals surface area contributed by atoms with E-state index in [4.69, 9.17) is 10.5 Å². The Labute approximate surface area is 174 Å². The summed E-state index contributed by atoms with van der Waals surface area (Å²) in [5, 5.41) is 6.61. The number of amides is 1. The maximum Gasteiger partial charge on any atom is 0.416 e. The second-order valence-electron chi connectivity index (χ2n) is 6.61. The normalized spacial score (nSPS) is 12.3. The number of carbonyl (C=O) groups is 1. The summed E-state index contributed by atoms with van der Waals surface area (Å²) in [7, 11) is 1.41. The fraction of sp³-hybridized carbons (Fsp3) is 0.200. The van der Waals surface area contributed by atoms with Gasteiger partial charge in [-0.05, 0) is 42.8 Å². The van der Waals surface area contributed by atoms with Gasteiger partial charge in [0.2, 0.25) is 5.88 Å². The molecule has 3 rings (SSSR count). The summed E-state index contributed by atoms with van der Waals surface area (Å²) in [5.41, 5.74) is 4.48. The predicted molar refractivity (Wildman–Crippen MR) is 106 cm³/mol. The van der Waals surface area contributed by atoms with Gasteiger partial charge in [0.25, 0.3) is 11.5 Å². The summed E-state index contributed by atoms with van der Waals surface area (Å²) in [5.74, 6) is -0.435. The third-order valence-corrected chi connectivity index (χ3v) is 4.36. The Hall–Kier alpha value is -3.89. The van der Waals surface area contributed by atoms with Crippen LogP contribution in [0.1, 0.15) is 34.6 Å². The van der Waals surface area contributed by atoms with E-state index in [2.05, 4.69) is 15.4 Å². The molecule has 0 saturated carbocycles. The van der Waals surface area contributed by atoms with Crippen molar-refractivity contribution in [2.45, 2.75) is 19.1 Å². The summed E-state index contributed by atoms with van der Waals surface area (Å²) in [6, 6.07) is 7.62. The molecule has 0 aliphatic heterocycles. The highest BCUT2D eigenvalue weighted by atomic mass is 19.4. The molecule has 0 saturated heterocycles. The number of methoxy groups -OCH3 is 1. The summed E-state index contributed by atoms with van der Waals surface area (Å²) >= 11 is 0. The van der Waals surface area contributed by atoms with Gasteiger partial charge in [-0.15, -0.1) is 0 Å². The van der Waals surface area contributed by atoms with Crippen molar-refractivity contribution in [1.29, 1.82) is 0 Å². The van der Waals surface area contributed by atoms with E-state index in [1.165, 1.54) is 44.5 Å². The van der Waals surface area contributed by atoms with Gasteiger partial charge in [0.05, 0.1) is 24.4 Å². The average Bonchev–Trinajstić information content (AvgIpc) is 2.73. The van der Waals surface area contributed by atoms with Crippen molar-refractivity contribution < 1.29 is 22.7 Å². The van der Waals surface area contributed by atoms with Crippen LogP contribution < -0.4 is 21.3 Å². The number of benzene rings is 1. The van der Waals surface area contributed by atoms with Crippen LogP contribution in [-0.4, -0.2) is 27.8 Å². The first kappa shape index (κ1) is 21.8. The van der Waals surface area contributed by atoms with Crippen LogP contribution in [0.25, 0.3) is 5.69 Å². The van der Waals surface area contributed by atoms with Crippen LogP contribution in [0.5, 0.6) is 5.88 Å². The molecule has 11 heteroatoms. The van der Waals surface area contributed by atoms with Crippen LogP contribution >= 0.6 is 0 Å². The van der Waals surface area contributed by atoms with Gasteiger partial charge < -0.3 is 15.8 Å². The second-order valence-corrected chi connectivity index (χ2v) is 6.61. The highest BCUT2D eigenvalue weighted by molar-refractivity contribution is 5.92. The van der Waals surface area contributed by atoms with Crippen LogP contribution in [0, 0.1) is 0 Å². The summed E-state index contributed by atoms with van der Waals surface area (Å²) < 4.78 is 45.1. The molecule has 162 valence electrons. The molecule has 1 atom stereocenters. The monoisotopic (exact) mass is 433 g/mol. The number of hydrogen-bond donors (Lipinski definition) is 2. The Morgan fingerprint density at radius 3 is 2.61 bits per heavy atom. The number of aromatic nitrogens is 3. The minimum absolute atomic E-state index is 0.0794. The third-order valence-electron chi connectivity index (χ3n) is 4.36. The minimum atomic E-state index is -4.57. The fourth-order valence-electron chi connectivity index (χ4n) is 2.80. The maximum absolute atomic E-state index is 13.0. The van der Waals surface area contributed by atoms with Crippen molar-refractivity contribution in [3.63, 3.8) is 0 Å². The molecule has 31 heavy (non-hydrogen) atoms. The summed E-state index contributed by atoms with van der Waals surface area (Å²) in [6.07, 6.45) is -3.16. The highest BCUT2D eigenvalue weighted by Crippen LogP contribution is 2.32. The molecule has 2 aromatic heterocycles. The van der Waals surface area contributed by atoms with E-state index >= 15 is 0 Å². The predicted octanol–water partition coefficient (Wildman–Crippen LogP) is 2.73. The molecule has 0 aliphatic carbocycles. The van der Waals surface area contributed by atoms with Crippen molar-refractivity contribution >= 4 is 11.6 Å². The molecule has 0 spiro atoms. The number of rotatable bonds is 5. The zero-order valence-electron chi connectivity index (χ0n) is 16.5.